The highest BCUT2D eigenvalue weighted by Gasteiger charge is 2.07. The third-order valence-corrected chi connectivity index (χ3v) is 3.08. The van der Waals surface area contributed by atoms with E-state index >= 15 is 0 Å². The minimum Gasteiger partial charge on any atom is -0.399 e. The minimum absolute atomic E-state index is 0.596. The number of aromatic nitrogens is 2. The van der Waals surface area contributed by atoms with Crippen molar-refractivity contribution in [3.05, 3.63) is 24.0 Å². The van der Waals surface area contributed by atoms with Crippen molar-refractivity contribution in [1.29, 1.82) is 0 Å². The molecule has 0 saturated heterocycles. The molecular formula is C15H23N3O. The number of nitrogen functional groups attached to an aromatic ring is 1. The van der Waals surface area contributed by atoms with Crippen LogP contribution in [0.1, 0.15) is 26.1 Å². The fourth-order valence-corrected chi connectivity index (χ4v) is 2.19. The van der Waals surface area contributed by atoms with E-state index < -0.39 is 0 Å². The van der Waals surface area contributed by atoms with Crippen molar-refractivity contribution in [3.8, 4) is 0 Å². The summed E-state index contributed by atoms with van der Waals surface area (Å²) >= 11 is 0. The topological polar surface area (TPSA) is 53.1 Å². The van der Waals surface area contributed by atoms with Crippen molar-refractivity contribution >= 4 is 16.7 Å². The Hall–Kier alpha value is -1.55. The van der Waals surface area contributed by atoms with Gasteiger partial charge >= 0.3 is 0 Å². The Bertz CT molecular complexity index is 546. The van der Waals surface area contributed by atoms with E-state index in [-0.39, 0.29) is 0 Å². The second-order valence-electron chi connectivity index (χ2n) is 5.38. The lowest BCUT2D eigenvalue weighted by Crippen LogP contribution is -2.07. The Labute approximate surface area is 114 Å². The number of benzene rings is 1. The maximum absolute atomic E-state index is 5.78. The Morgan fingerprint density at radius 2 is 2.16 bits per heavy atom. The Balaban J connectivity index is 1.98. The largest absolute Gasteiger partial charge is 0.399 e. The van der Waals surface area contributed by atoms with Crippen LogP contribution in [0.25, 0.3) is 11.0 Å². The van der Waals surface area contributed by atoms with Crippen molar-refractivity contribution in [1.82, 2.24) is 9.55 Å². The second kappa shape index (κ2) is 6.06. The van der Waals surface area contributed by atoms with E-state index in [1.165, 1.54) is 0 Å². The number of hydrogen-bond acceptors (Lipinski definition) is 3. The molecule has 2 aromatic rings. The van der Waals surface area contributed by atoms with Crippen LogP contribution in [-0.4, -0.2) is 22.8 Å². The van der Waals surface area contributed by atoms with E-state index in [1.807, 2.05) is 25.1 Å². The molecule has 2 N–H and O–H groups in total. The van der Waals surface area contributed by atoms with Crippen LogP contribution in [0, 0.1) is 12.8 Å². The standard InChI is InChI=1S/C15H23N3O/c1-11(2)10-19-8-4-7-18-12(3)17-14-9-13(16)5-6-15(14)18/h5-6,9,11H,4,7-8,10,16H2,1-3H3. The lowest BCUT2D eigenvalue weighted by Gasteiger charge is -2.09. The van der Waals surface area contributed by atoms with Crippen LogP contribution < -0.4 is 5.73 Å². The average Bonchev–Trinajstić information content (AvgIpc) is 2.64. The average molecular weight is 261 g/mol. The molecule has 0 aliphatic carbocycles. The molecule has 1 heterocycles. The van der Waals surface area contributed by atoms with Crippen molar-refractivity contribution < 1.29 is 4.74 Å². The molecule has 1 aromatic carbocycles. The van der Waals surface area contributed by atoms with Gasteiger partial charge in [-0.1, -0.05) is 13.8 Å². The van der Waals surface area contributed by atoms with Crippen LogP contribution in [0.2, 0.25) is 0 Å². The Kier molecular flexibility index (Phi) is 4.43. The van der Waals surface area contributed by atoms with Crippen LogP contribution in [0.5, 0.6) is 0 Å². The van der Waals surface area contributed by atoms with Gasteiger partial charge in [-0.25, -0.2) is 4.98 Å². The summed E-state index contributed by atoms with van der Waals surface area (Å²) in [6.07, 6.45) is 1.00. The molecule has 0 aliphatic rings. The molecule has 0 bridgehead atoms. The van der Waals surface area contributed by atoms with Gasteiger partial charge in [-0.3, -0.25) is 0 Å². The van der Waals surface area contributed by atoms with E-state index in [4.69, 9.17) is 10.5 Å². The SMILES string of the molecule is Cc1nc2cc(N)ccc2n1CCCOCC(C)C. The molecule has 0 radical (unpaired) electrons. The van der Waals surface area contributed by atoms with E-state index in [2.05, 4.69) is 23.4 Å². The van der Waals surface area contributed by atoms with Crippen LogP contribution in [0.15, 0.2) is 18.2 Å². The number of fused-ring (bicyclic) bond motifs is 1. The summed E-state index contributed by atoms with van der Waals surface area (Å²) in [6.45, 7) is 8.93. The minimum atomic E-state index is 0.596. The molecule has 19 heavy (non-hydrogen) atoms. The van der Waals surface area contributed by atoms with Crippen LogP contribution >= 0.6 is 0 Å². The molecule has 4 nitrogen and oxygen atoms in total. The van der Waals surface area contributed by atoms with E-state index in [9.17, 15) is 0 Å². The van der Waals surface area contributed by atoms with Crippen LogP contribution in [0.3, 0.4) is 0 Å². The zero-order valence-electron chi connectivity index (χ0n) is 12.0. The van der Waals surface area contributed by atoms with Gasteiger partial charge in [-0.05, 0) is 37.5 Å². The first kappa shape index (κ1) is 13.9. The molecule has 2 rings (SSSR count). The summed E-state index contributed by atoms with van der Waals surface area (Å²) in [5, 5.41) is 0. The molecule has 0 fully saturated rings. The van der Waals surface area contributed by atoms with Gasteiger partial charge in [0.1, 0.15) is 5.82 Å². The molecular weight excluding hydrogens is 238 g/mol. The number of rotatable bonds is 6. The number of nitrogens with two attached hydrogens (primary N) is 1. The lowest BCUT2D eigenvalue weighted by molar-refractivity contribution is 0.105. The molecule has 1 aromatic heterocycles. The van der Waals surface area contributed by atoms with Gasteiger partial charge in [-0.15, -0.1) is 0 Å². The number of ether oxygens (including phenoxy) is 1. The summed E-state index contributed by atoms with van der Waals surface area (Å²) in [4.78, 5) is 4.54. The fraction of sp³-hybridized carbons (Fsp3) is 0.533. The first-order chi connectivity index (χ1) is 9.08. The van der Waals surface area contributed by atoms with Gasteiger partial charge in [-0.2, -0.15) is 0 Å². The highest BCUT2D eigenvalue weighted by Crippen LogP contribution is 2.19. The highest BCUT2D eigenvalue weighted by atomic mass is 16.5. The third kappa shape index (κ3) is 3.47. The summed E-state index contributed by atoms with van der Waals surface area (Å²) < 4.78 is 7.84. The smallest absolute Gasteiger partial charge is 0.106 e. The summed E-state index contributed by atoms with van der Waals surface area (Å²) in [7, 11) is 0. The number of hydrogen-bond donors (Lipinski definition) is 1. The van der Waals surface area contributed by atoms with Crippen molar-refractivity contribution in [3.63, 3.8) is 0 Å². The van der Waals surface area contributed by atoms with Gasteiger partial charge in [0.05, 0.1) is 11.0 Å². The summed E-state index contributed by atoms with van der Waals surface area (Å²) in [5.74, 6) is 1.63. The van der Waals surface area contributed by atoms with E-state index in [0.29, 0.717) is 5.92 Å². The Morgan fingerprint density at radius 1 is 1.37 bits per heavy atom. The van der Waals surface area contributed by atoms with Gasteiger partial charge < -0.3 is 15.0 Å². The number of nitrogens with zero attached hydrogens (tertiary/aromatic N) is 2. The van der Waals surface area contributed by atoms with Gasteiger partial charge in [0.2, 0.25) is 0 Å². The lowest BCUT2D eigenvalue weighted by atomic mass is 10.2. The van der Waals surface area contributed by atoms with Crippen molar-refractivity contribution in [2.75, 3.05) is 18.9 Å². The van der Waals surface area contributed by atoms with Crippen LogP contribution in [-0.2, 0) is 11.3 Å². The van der Waals surface area contributed by atoms with Gasteiger partial charge in [0.15, 0.2) is 0 Å². The zero-order chi connectivity index (χ0) is 13.8. The monoisotopic (exact) mass is 261 g/mol. The predicted molar refractivity (Wildman–Crippen MR) is 79.2 cm³/mol. The Morgan fingerprint density at radius 3 is 2.89 bits per heavy atom. The molecule has 0 saturated carbocycles. The molecule has 4 heteroatoms. The molecule has 0 spiro atoms. The van der Waals surface area contributed by atoms with Gasteiger partial charge in [0, 0.05) is 25.4 Å². The number of anilines is 1. The molecule has 104 valence electrons. The molecule has 0 atom stereocenters. The quantitative estimate of drug-likeness (QED) is 0.642. The maximum Gasteiger partial charge on any atom is 0.106 e. The number of imidazole rings is 1. The van der Waals surface area contributed by atoms with E-state index in [1.54, 1.807) is 0 Å². The predicted octanol–water partition coefficient (Wildman–Crippen LogP) is 2.99. The summed E-state index contributed by atoms with van der Waals surface area (Å²) in [5.41, 5.74) is 8.66. The first-order valence-electron chi connectivity index (χ1n) is 6.88. The molecule has 0 unspecified atom stereocenters. The fourth-order valence-electron chi connectivity index (χ4n) is 2.19. The van der Waals surface area contributed by atoms with Gasteiger partial charge in [0.25, 0.3) is 0 Å². The molecule has 0 aliphatic heterocycles. The molecule has 0 amide bonds. The third-order valence-electron chi connectivity index (χ3n) is 3.08. The van der Waals surface area contributed by atoms with E-state index in [0.717, 1.165) is 48.7 Å². The second-order valence-corrected chi connectivity index (χ2v) is 5.38. The zero-order valence-corrected chi connectivity index (χ0v) is 12.0. The number of aryl methyl sites for hydroxylation is 2. The van der Waals surface area contributed by atoms with Crippen molar-refractivity contribution in [2.45, 2.75) is 33.7 Å². The highest BCUT2D eigenvalue weighted by molar-refractivity contribution is 5.79. The summed E-state index contributed by atoms with van der Waals surface area (Å²) in [6, 6.07) is 5.89. The van der Waals surface area contributed by atoms with Crippen molar-refractivity contribution in [2.24, 2.45) is 5.92 Å². The van der Waals surface area contributed by atoms with Crippen LogP contribution in [0.4, 0.5) is 5.69 Å². The normalized spacial score (nSPS) is 11.6. The first-order valence-corrected chi connectivity index (χ1v) is 6.88. The maximum atomic E-state index is 5.78.